The Labute approximate surface area is 164 Å². The lowest BCUT2D eigenvalue weighted by Gasteiger charge is -2.25. The molecule has 3 heterocycles. The molecule has 7 nitrogen and oxygen atoms in total. The molecule has 148 valence electrons. The van der Waals surface area contributed by atoms with E-state index >= 15 is 0 Å². The maximum absolute atomic E-state index is 11.8. The largest absolute Gasteiger partial charge is 0.463 e. The van der Waals surface area contributed by atoms with Crippen molar-refractivity contribution in [2.45, 2.75) is 64.3 Å². The number of aromatic nitrogens is 3. The van der Waals surface area contributed by atoms with Crippen LogP contribution in [0.5, 0.6) is 0 Å². The Morgan fingerprint density at radius 3 is 3.00 bits per heavy atom. The van der Waals surface area contributed by atoms with Gasteiger partial charge in [-0.2, -0.15) is 5.10 Å². The number of ether oxygens (including phenoxy) is 1. The molecule has 2 atom stereocenters. The van der Waals surface area contributed by atoms with Crippen LogP contribution >= 0.6 is 11.3 Å². The fourth-order valence-corrected chi connectivity index (χ4v) is 4.29. The summed E-state index contributed by atoms with van der Waals surface area (Å²) < 4.78 is 6.90. The Kier molecular flexibility index (Phi) is 6.62. The van der Waals surface area contributed by atoms with Crippen LogP contribution in [0.4, 0.5) is 0 Å². The molecular weight excluding hydrogens is 364 g/mol. The summed E-state index contributed by atoms with van der Waals surface area (Å²) in [4.78, 5) is 18.8. The molecule has 8 heteroatoms. The van der Waals surface area contributed by atoms with E-state index in [9.17, 15) is 9.90 Å². The molecule has 0 amide bonds. The molecule has 0 unspecified atom stereocenters. The third-order valence-electron chi connectivity index (χ3n) is 4.73. The molecule has 0 radical (unpaired) electrons. The monoisotopic (exact) mass is 392 g/mol. The van der Waals surface area contributed by atoms with Gasteiger partial charge in [-0.3, -0.25) is 14.4 Å². The number of esters is 1. The summed E-state index contributed by atoms with van der Waals surface area (Å²) in [7, 11) is 1.86. The standard InChI is InChI=1S/C19H28N4O3S/c1-13(2)26-19(25)8-18-21-15(12-27-18)11-23-6-4-5-16(23)7-17(24)14-9-20-22(3)10-14/h9-10,12-13,16-17,24H,4-8,11H2,1-3H3/t16-,17+/m1/s1. The highest BCUT2D eigenvalue weighted by Crippen LogP contribution is 2.28. The molecule has 27 heavy (non-hydrogen) atoms. The van der Waals surface area contributed by atoms with E-state index in [1.54, 1.807) is 10.9 Å². The third-order valence-corrected chi connectivity index (χ3v) is 5.63. The van der Waals surface area contributed by atoms with Crippen molar-refractivity contribution in [3.05, 3.63) is 34.0 Å². The quantitative estimate of drug-likeness (QED) is 0.695. The Balaban J connectivity index is 1.54. The van der Waals surface area contributed by atoms with Crippen LogP contribution in [0.25, 0.3) is 0 Å². The highest BCUT2D eigenvalue weighted by atomic mass is 32.1. The number of carbonyl (C=O) groups is 1. The summed E-state index contributed by atoms with van der Waals surface area (Å²) in [6, 6.07) is 0.330. The average molecular weight is 393 g/mol. The van der Waals surface area contributed by atoms with Crippen molar-refractivity contribution in [3.63, 3.8) is 0 Å². The summed E-state index contributed by atoms with van der Waals surface area (Å²) in [5, 5.41) is 17.5. The first-order chi connectivity index (χ1) is 12.9. The van der Waals surface area contributed by atoms with Crippen LogP contribution in [0, 0.1) is 0 Å². The van der Waals surface area contributed by atoms with Crippen LogP contribution in [0.2, 0.25) is 0 Å². The number of nitrogens with zero attached hydrogens (tertiary/aromatic N) is 4. The minimum absolute atomic E-state index is 0.103. The van der Waals surface area contributed by atoms with Crippen molar-refractivity contribution in [2.75, 3.05) is 6.54 Å². The molecule has 1 aliphatic rings. The first-order valence-corrected chi connectivity index (χ1v) is 10.3. The predicted octanol–water partition coefficient (Wildman–Crippen LogP) is 2.46. The number of aliphatic hydroxyl groups is 1. The van der Waals surface area contributed by atoms with Crippen LogP contribution < -0.4 is 0 Å². The van der Waals surface area contributed by atoms with Crippen LogP contribution in [-0.2, 0) is 29.5 Å². The zero-order valence-electron chi connectivity index (χ0n) is 16.2. The van der Waals surface area contributed by atoms with E-state index in [1.165, 1.54) is 11.3 Å². The summed E-state index contributed by atoms with van der Waals surface area (Å²) >= 11 is 1.50. The summed E-state index contributed by atoms with van der Waals surface area (Å²) in [5.41, 5.74) is 1.85. The molecule has 1 fully saturated rings. The number of carbonyl (C=O) groups excluding carboxylic acids is 1. The van der Waals surface area contributed by atoms with E-state index in [2.05, 4.69) is 15.0 Å². The third kappa shape index (κ3) is 5.60. The predicted molar refractivity (Wildman–Crippen MR) is 103 cm³/mol. The fraction of sp³-hybridized carbons (Fsp3) is 0.632. The topological polar surface area (TPSA) is 80.5 Å². The van der Waals surface area contributed by atoms with Gasteiger partial charge in [0.2, 0.25) is 0 Å². The number of hydrogen-bond donors (Lipinski definition) is 1. The van der Waals surface area contributed by atoms with Crippen LogP contribution in [0.3, 0.4) is 0 Å². The van der Waals surface area contributed by atoms with Gasteiger partial charge < -0.3 is 9.84 Å². The lowest BCUT2D eigenvalue weighted by atomic mass is 10.0. The number of thiazole rings is 1. The van der Waals surface area contributed by atoms with Gasteiger partial charge in [-0.15, -0.1) is 11.3 Å². The first kappa shape index (κ1) is 20.0. The number of likely N-dealkylation sites (tertiary alicyclic amines) is 1. The van der Waals surface area contributed by atoms with Gasteiger partial charge in [-0.1, -0.05) is 0 Å². The van der Waals surface area contributed by atoms with Gasteiger partial charge in [0, 0.05) is 36.8 Å². The van der Waals surface area contributed by atoms with Crippen molar-refractivity contribution in [1.29, 1.82) is 0 Å². The highest BCUT2D eigenvalue weighted by Gasteiger charge is 2.28. The molecule has 0 bridgehead atoms. The Morgan fingerprint density at radius 2 is 2.30 bits per heavy atom. The maximum Gasteiger partial charge on any atom is 0.312 e. The molecule has 2 aromatic rings. The van der Waals surface area contributed by atoms with Gasteiger partial charge in [0.1, 0.15) is 5.01 Å². The van der Waals surface area contributed by atoms with Gasteiger partial charge in [-0.05, 0) is 39.7 Å². The van der Waals surface area contributed by atoms with E-state index in [0.29, 0.717) is 12.5 Å². The van der Waals surface area contributed by atoms with Crippen LogP contribution in [0.1, 0.15) is 55.5 Å². The Morgan fingerprint density at radius 1 is 1.48 bits per heavy atom. The van der Waals surface area contributed by atoms with Gasteiger partial charge in [0.05, 0.1) is 30.5 Å². The highest BCUT2D eigenvalue weighted by molar-refractivity contribution is 7.09. The molecule has 3 rings (SSSR count). The molecule has 2 aromatic heterocycles. The number of rotatable bonds is 8. The lowest BCUT2D eigenvalue weighted by Crippen LogP contribution is -2.30. The molecular formula is C19H28N4O3S. The molecule has 0 aromatic carbocycles. The molecule has 0 spiro atoms. The molecule has 0 saturated carbocycles. The van der Waals surface area contributed by atoms with Crippen molar-refractivity contribution in [2.24, 2.45) is 7.05 Å². The van der Waals surface area contributed by atoms with Crippen LogP contribution in [0.15, 0.2) is 17.8 Å². The van der Waals surface area contributed by atoms with E-state index < -0.39 is 6.10 Å². The molecule has 1 N–H and O–H groups in total. The SMILES string of the molecule is CC(C)OC(=O)Cc1nc(CN2CCC[C@@H]2C[C@H](O)c2cnn(C)c2)cs1. The maximum atomic E-state index is 11.8. The zero-order valence-corrected chi connectivity index (χ0v) is 17.0. The van der Waals surface area contributed by atoms with E-state index in [1.807, 2.05) is 32.5 Å². The van der Waals surface area contributed by atoms with Gasteiger partial charge in [-0.25, -0.2) is 4.98 Å². The number of aryl methyl sites for hydroxylation is 1. The van der Waals surface area contributed by atoms with Gasteiger partial charge in [0.25, 0.3) is 0 Å². The average Bonchev–Trinajstić information content (AvgIpc) is 3.30. The summed E-state index contributed by atoms with van der Waals surface area (Å²) in [6.07, 6.45) is 6.13. The summed E-state index contributed by atoms with van der Waals surface area (Å²) in [5.74, 6) is -0.232. The van der Waals surface area contributed by atoms with Gasteiger partial charge in [0.15, 0.2) is 0 Å². The van der Waals surface area contributed by atoms with Crippen molar-refractivity contribution >= 4 is 17.3 Å². The van der Waals surface area contributed by atoms with Crippen molar-refractivity contribution in [3.8, 4) is 0 Å². The van der Waals surface area contributed by atoms with Crippen molar-refractivity contribution < 1.29 is 14.6 Å². The van der Waals surface area contributed by atoms with Crippen LogP contribution in [-0.4, -0.2) is 49.4 Å². The van der Waals surface area contributed by atoms with E-state index in [4.69, 9.17) is 4.74 Å². The first-order valence-electron chi connectivity index (χ1n) is 9.44. The second kappa shape index (κ2) is 8.95. The second-order valence-corrected chi connectivity index (χ2v) is 8.36. The molecule has 1 aliphatic heterocycles. The minimum atomic E-state index is -0.499. The Hall–Kier alpha value is -1.77. The van der Waals surface area contributed by atoms with Crippen molar-refractivity contribution in [1.82, 2.24) is 19.7 Å². The second-order valence-electron chi connectivity index (χ2n) is 7.41. The van der Waals surface area contributed by atoms with Gasteiger partial charge >= 0.3 is 5.97 Å². The molecule has 1 saturated heterocycles. The van der Waals surface area contributed by atoms with E-state index in [-0.39, 0.29) is 18.5 Å². The lowest BCUT2D eigenvalue weighted by molar-refractivity contribution is -0.146. The molecule has 0 aliphatic carbocycles. The summed E-state index contributed by atoms with van der Waals surface area (Å²) in [6.45, 7) is 5.45. The van der Waals surface area contributed by atoms with E-state index in [0.717, 1.165) is 42.2 Å². The number of aliphatic hydroxyl groups excluding tert-OH is 1. The Bertz CT molecular complexity index is 758. The number of hydrogen-bond acceptors (Lipinski definition) is 7. The minimum Gasteiger partial charge on any atom is -0.463 e. The normalized spacial score (nSPS) is 18.9. The fourth-order valence-electron chi connectivity index (χ4n) is 3.52. The zero-order chi connectivity index (χ0) is 19.4. The smallest absolute Gasteiger partial charge is 0.312 e.